The van der Waals surface area contributed by atoms with E-state index in [0.29, 0.717) is 5.57 Å². The van der Waals surface area contributed by atoms with Crippen LogP contribution in [0.3, 0.4) is 0 Å². The van der Waals surface area contributed by atoms with E-state index in [0.717, 1.165) is 0 Å². The van der Waals surface area contributed by atoms with E-state index in [1.165, 1.54) is 0 Å². The Hall–Kier alpha value is -0.820. The monoisotopic (exact) mass is 158 g/mol. The number of halogens is 1. The molecule has 0 spiro atoms. The van der Waals surface area contributed by atoms with Crippen LogP contribution >= 0.6 is 11.6 Å². The zero-order valence-electron chi connectivity index (χ0n) is 6.06. The second kappa shape index (κ2) is 8.18. The third kappa shape index (κ3) is 15.7. The van der Waals surface area contributed by atoms with Gasteiger partial charge in [0.1, 0.15) is 0 Å². The highest BCUT2D eigenvalue weighted by Crippen LogP contribution is 1.91. The van der Waals surface area contributed by atoms with Crippen LogP contribution < -0.4 is 0 Å². The standard InChI is InChI=1S/C4H5ClO.C4H6/c1-3(2)4(5)6;1-3-4-2/h1H2,2H3;3-4H,1-2H2. The van der Waals surface area contributed by atoms with E-state index in [-0.39, 0.29) is 0 Å². The van der Waals surface area contributed by atoms with Gasteiger partial charge in [0.25, 0.3) is 0 Å². The lowest BCUT2D eigenvalue weighted by Gasteiger charge is -1.77. The molecule has 10 heavy (non-hydrogen) atoms. The molecule has 0 rings (SSSR count). The van der Waals surface area contributed by atoms with Crippen molar-refractivity contribution in [3.63, 3.8) is 0 Å². The summed E-state index contributed by atoms with van der Waals surface area (Å²) in [5.74, 6) is 0. The van der Waals surface area contributed by atoms with Crippen molar-refractivity contribution >= 4 is 16.8 Å². The lowest BCUT2D eigenvalue weighted by Crippen LogP contribution is -1.81. The summed E-state index contributed by atoms with van der Waals surface area (Å²) in [5, 5.41) is -0.463. The van der Waals surface area contributed by atoms with E-state index in [1.807, 2.05) is 0 Å². The number of hydrogen-bond acceptors (Lipinski definition) is 1. The molecule has 0 saturated carbocycles. The first-order valence-corrected chi connectivity index (χ1v) is 3.02. The van der Waals surface area contributed by atoms with Gasteiger partial charge >= 0.3 is 0 Å². The van der Waals surface area contributed by atoms with E-state index in [4.69, 9.17) is 11.6 Å². The first-order valence-electron chi connectivity index (χ1n) is 2.65. The Bertz CT molecular complexity index is 129. The summed E-state index contributed by atoms with van der Waals surface area (Å²) < 4.78 is 0. The van der Waals surface area contributed by atoms with Crippen molar-refractivity contribution < 1.29 is 4.79 Å². The Morgan fingerprint density at radius 2 is 1.60 bits per heavy atom. The molecule has 0 heterocycles. The first-order chi connectivity index (χ1) is 4.56. The summed E-state index contributed by atoms with van der Waals surface area (Å²) in [7, 11) is 0. The normalized spacial score (nSPS) is 6.60. The number of hydrogen-bond donors (Lipinski definition) is 0. The Labute approximate surface area is 66.7 Å². The summed E-state index contributed by atoms with van der Waals surface area (Å²) in [6.07, 6.45) is 3.28. The zero-order valence-corrected chi connectivity index (χ0v) is 6.82. The lowest BCUT2D eigenvalue weighted by molar-refractivity contribution is -0.108. The summed E-state index contributed by atoms with van der Waals surface area (Å²) in [5.41, 5.74) is 0.386. The molecule has 0 aliphatic carbocycles. The molecular formula is C8H11ClO. The van der Waals surface area contributed by atoms with Gasteiger partial charge in [-0.05, 0) is 18.5 Å². The lowest BCUT2D eigenvalue weighted by atomic mass is 10.4. The molecule has 0 fully saturated rings. The molecule has 0 atom stereocenters. The minimum atomic E-state index is -0.463. The third-order valence-electron chi connectivity index (χ3n) is 0.502. The maximum Gasteiger partial charge on any atom is 0.247 e. The number of carbonyl (C=O) groups is 1. The van der Waals surface area contributed by atoms with Crippen LogP contribution in [0.25, 0.3) is 0 Å². The molecular weight excluding hydrogens is 148 g/mol. The SMILES string of the molecule is C=C(C)C(=O)Cl.C=CC=C. The van der Waals surface area contributed by atoms with Gasteiger partial charge in [0.15, 0.2) is 0 Å². The summed E-state index contributed by atoms with van der Waals surface area (Å²) in [6, 6.07) is 0. The third-order valence-corrected chi connectivity index (χ3v) is 0.825. The summed E-state index contributed by atoms with van der Waals surface area (Å²) in [4.78, 5) is 9.81. The van der Waals surface area contributed by atoms with Gasteiger partial charge in [0, 0.05) is 5.57 Å². The van der Waals surface area contributed by atoms with Crippen molar-refractivity contribution in [2.45, 2.75) is 6.92 Å². The average molecular weight is 159 g/mol. The maximum atomic E-state index is 9.81. The van der Waals surface area contributed by atoms with E-state index < -0.39 is 5.24 Å². The van der Waals surface area contributed by atoms with Crippen molar-refractivity contribution in [3.8, 4) is 0 Å². The fraction of sp³-hybridized carbons (Fsp3) is 0.125. The Morgan fingerprint density at radius 1 is 1.40 bits per heavy atom. The van der Waals surface area contributed by atoms with Gasteiger partial charge in [-0.1, -0.05) is 31.9 Å². The Morgan fingerprint density at radius 3 is 1.60 bits per heavy atom. The molecule has 0 N–H and O–H groups in total. The molecule has 0 aromatic carbocycles. The first kappa shape index (κ1) is 11.9. The number of rotatable bonds is 2. The fourth-order valence-corrected chi connectivity index (χ4v) is 0. The van der Waals surface area contributed by atoms with Crippen LogP contribution in [0.15, 0.2) is 37.5 Å². The second-order valence-electron chi connectivity index (χ2n) is 1.53. The van der Waals surface area contributed by atoms with Crippen LogP contribution in [0.4, 0.5) is 0 Å². The van der Waals surface area contributed by atoms with Gasteiger partial charge in [-0.25, -0.2) is 0 Å². The molecule has 56 valence electrons. The minimum Gasteiger partial charge on any atom is -0.276 e. The van der Waals surface area contributed by atoms with Crippen LogP contribution in [0.2, 0.25) is 0 Å². The molecule has 0 bridgehead atoms. The van der Waals surface area contributed by atoms with Crippen LogP contribution in [0.5, 0.6) is 0 Å². The van der Waals surface area contributed by atoms with Gasteiger partial charge in [-0.2, -0.15) is 0 Å². The molecule has 0 aromatic heterocycles. The fourth-order valence-electron chi connectivity index (χ4n) is 0. The van der Waals surface area contributed by atoms with Crippen molar-refractivity contribution in [2.75, 3.05) is 0 Å². The van der Waals surface area contributed by atoms with Gasteiger partial charge in [-0.15, -0.1) is 0 Å². The van der Waals surface area contributed by atoms with Crippen LogP contribution in [0, 0.1) is 0 Å². The largest absolute Gasteiger partial charge is 0.276 e. The zero-order chi connectivity index (χ0) is 8.57. The highest BCUT2D eigenvalue weighted by Gasteiger charge is 1.89. The second-order valence-corrected chi connectivity index (χ2v) is 1.87. The molecule has 2 heteroatoms. The molecule has 0 aliphatic heterocycles. The molecule has 0 aliphatic rings. The van der Waals surface area contributed by atoms with Crippen LogP contribution in [-0.4, -0.2) is 5.24 Å². The van der Waals surface area contributed by atoms with Gasteiger partial charge in [-0.3, -0.25) is 4.79 Å². The summed E-state index contributed by atoms with van der Waals surface area (Å²) >= 11 is 4.87. The molecule has 0 amide bonds. The van der Waals surface area contributed by atoms with Gasteiger partial charge < -0.3 is 0 Å². The molecule has 0 saturated heterocycles. The van der Waals surface area contributed by atoms with Crippen molar-refractivity contribution in [1.82, 2.24) is 0 Å². The van der Waals surface area contributed by atoms with Crippen LogP contribution in [0.1, 0.15) is 6.92 Å². The summed E-state index contributed by atoms with van der Waals surface area (Å²) in [6.45, 7) is 11.6. The highest BCUT2D eigenvalue weighted by molar-refractivity contribution is 6.67. The topological polar surface area (TPSA) is 17.1 Å². The predicted molar refractivity (Wildman–Crippen MR) is 46.1 cm³/mol. The average Bonchev–Trinajstić information content (AvgIpc) is 1.89. The van der Waals surface area contributed by atoms with Gasteiger partial charge in [0.2, 0.25) is 5.24 Å². The molecule has 1 nitrogen and oxygen atoms in total. The van der Waals surface area contributed by atoms with Crippen LogP contribution in [-0.2, 0) is 4.79 Å². The maximum absolute atomic E-state index is 9.81. The Balaban J connectivity index is 0. The van der Waals surface area contributed by atoms with E-state index in [9.17, 15) is 4.79 Å². The quantitative estimate of drug-likeness (QED) is 0.343. The highest BCUT2D eigenvalue weighted by atomic mass is 35.5. The van der Waals surface area contributed by atoms with Crippen molar-refractivity contribution in [1.29, 1.82) is 0 Å². The van der Waals surface area contributed by atoms with Crippen molar-refractivity contribution in [2.24, 2.45) is 0 Å². The Kier molecular flexibility index (Phi) is 9.75. The number of carbonyl (C=O) groups excluding carboxylic acids is 1. The van der Waals surface area contributed by atoms with Gasteiger partial charge in [0.05, 0.1) is 0 Å². The smallest absolute Gasteiger partial charge is 0.247 e. The van der Waals surface area contributed by atoms with E-state index in [1.54, 1.807) is 19.1 Å². The predicted octanol–water partition coefficient (Wildman–Crippen LogP) is 2.69. The molecule has 0 aromatic rings. The number of allylic oxidation sites excluding steroid dienone is 3. The van der Waals surface area contributed by atoms with E-state index >= 15 is 0 Å². The molecule has 0 radical (unpaired) electrons. The minimum absolute atomic E-state index is 0.386. The molecule has 0 unspecified atom stereocenters. The van der Waals surface area contributed by atoms with Crippen molar-refractivity contribution in [3.05, 3.63) is 37.5 Å². The van der Waals surface area contributed by atoms with E-state index in [2.05, 4.69) is 19.7 Å².